The van der Waals surface area contributed by atoms with Crippen LogP contribution >= 0.6 is 0 Å². The third-order valence-electron chi connectivity index (χ3n) is 3.55. The minimum absolute atomic E-state index is 0.279. The Morgan fingerprint density at radius 1 is 1.00 bits per heavy atom. The predicted octanol–water partition coefficient (Wildman–Crippen LogP) is 3.57. The quantitative estimate of drug-likeness (QED) is 0.551. The second-order valence-electron chi connectivity index (χ2n) is 4.70. The summed E-state index contributed by atoms with van der Waals surface area (Å²) in [6.45, 7) is 0. The molecule has 4 nitrogen and oxygen atoms in total. The molecule has 0 atom stereocenters. The van der Waals surface area contributed by atoms with E-state index in [1.54, 1.807) is 6.07 Å². The highest BCUT2D eigenvalue weighted by Crippen LogP contribution is 2.30. The SMILES string of the molecule is O=C(O)c1c2ccccc2nc2c1[nH]c1ccccc12. The summed E-state index contributed by atoms with van der Waals surface area (Å²) < 4.78 is 0. The van der Waals surface area contributed by atoms with Crippen molar-refractivity contribution in [1.82, 2.24) is 9.97 Å². The van der Waals surface area contributed by atoms with Gasteiger partial charge in [0.15, 0.2) is 0 Å². The minimum Gasteiger partial charge on any atom is -0.478 e. The number of aromatic nitrogens is 2. The van der Waals surface area contributed by atoms with Gasteiger partial charge in [-0.15, -0.1) is 0 Å². The van der Waals surface area contributed by atoms with Crippen LogP contribution in [0.3, 0.4) is 0 Å². The fourth-order valence-corrected chi connectivity index (χ4v) is 2.68. The van der Waals surface area contributed by atoms with Crippen LogP contribution in [0.1, 0.15) is 10.4 Å². The molecule has 0 aliphatic heterocycles. The first kappa shape index (κ1) is 11.0. The summed E-state index contributed by atoms with van der Waals surface area (Å²) in [7, 11) is 0. The predicted molar refractivity (Wildman–Crippen MR) is 78.1 cm³/mol. The molecule has 0 radical (unpaired) electrons. The van der Waals surface area contributed by atoms with E-state index < -0.39 is 5.97 Å². The number of benzene rings is 2. The van der Waals surface area contributed by atoms with Crippen molar-refractivity contribution in [2.24, 2.45) is 0 Å². The summed E-state index contributed by atoms with van der Waals surface area (Å²) in [6, 6.07) is 15.0. The second kappa shape index (κ2) is 3.81. The number of fused-ring (bicyclic) bond motifs is 4. The summed E-state index contributed by atoms with van der Waals surface area (Å²) >= 11 is 0. The van der Waals surface area contributed by atoms with E-state index in [9.17, 15) is 9.90 Å². The summed E-state index contributed by atoms with van der Waals surface area (Å²) in [5, 5.41) is 11.2. The van der Waals surface area contributed by atoms with E-state index in [-0.39, 0.29) is 5.56 Å². The van der Waals surface area contributed by atoms with Gasteiger partial charge < -0.3 is 10.1 Å². The molecule has 4 aromatic rings. The molecule has 0 unspecified atom stereocenters. The third kappa shape index (κ3) is 1.36. The molecule has 4 rings (SSSR count). The van der Waals surface area contributed by atoms with Gasteiger partial charge in [0.1, 0.15) is 0 Å². The Kier molecular flexibility index (Phi) is 2.09. The number of para-hydroxylation sites is 2. The van der Waals surface area contributed by atoms with Gasteiger partial charge in [-0.1, -0.05) is 36.4 Å². The lowest BCUT2D eigenvalue weighted by atomic mass is 10.1. The highest BCUT2D eigenvalue weighted by Gasteiger charge is 2.18. The van der Waals surface area contributed by atoms with Crippen LogP contribution in [0.5, 0.6) is 0 Å². The molecule has 2 aromatic heterocycles. The Hall–Kier alpha value is -2.88. The number of rotatable bonds is 1. The standard InChI is InChI=1S/C16H10N2O2/c19-16(20)13-9-5-1-3-7-11(9)17-14-10-6-2-4-8-12(10)18-15(13)14/h1-8,18H,(H,19,20). The number of hydrogen-bond donors (Lipinski definition) is 2. The first-order valence-electron chi connectivity index (χ1n) is 6.28. The summed E-state index contributed by atoms with van der Waals surface area (Å²) in [5.41, 5.74) is 3.16. The molecule has 2 aromatic carbocycles. The zero-order chi connectivity index (χ0) is 13.7. The van der Waals surface area contributed by atoms with Crippen molar-refractivity contribution in [1.29, 1.82) is 0 Å². The van der Waals surface area contributed by atoms with E-state index in [0.29, 0.717) is 21.9 Å². The molecular weight excluding hydrogens is 252 g/mol. The molecule has 0 amide bonds. The Balaban J connectivity index is 2.34. The zero-order valence-corrected chi connectivity index (χ0v) is 10.4. The minimum atomic E-state index is -0.944. The first-order chi connectivity index (χ1) is 9.75. The van der Waals surface area contributed by atoms with Crippen molar-refractivity contribution in [3.8, 4) is 0 Å². The van der Waals surface area contributed by atoms with E-state index >= 15 is 0 Å². The summed E-state index contributed by atoms with van der Waals surface area (Å²) in [6.07, 6.45) is 0. The highest BCUT2D eigenvalue weighted by molar-refractivity contribution is 6.18. The first-order valence-corrected chi connectivity index (χ1v) is 6.28. The van der Waals surface area contributed by atoms with Crippen LogP contribution in [0.25, 0.3) is 32.8 Å². The number of H-pyrrole nitrogens is 1. The van der Waals surface area contributed by atoms with Gasteiger partial charge in [0.05, 0.1) is 22.1 Å². The second-order valence-corrected chi connectivity index (χ2v) is 4.70. The van der Waals surface area contributed by atoms with Gasteiger partial charge in [-0.05, 0) is 12.1 Å². The van der Waals surface area contributed by atoms with E-state index in [1.807, 2.05) is 42.5 Å². The highest BCUT2D eigenvalue weighted by atomic mass is 16.4. The van der Waals surface area contributed by atoms with Crippen molar-refractivity contribution in [3.63, 3.8) is 0 Å². The number of carboxylic acid groups (broad SMARTS) is 1. The van der Waals surface area contributed by atoms with Gasteiger partial charge in [0.2, 0.25) is 0 Å². The van der Waals surface area contributed by atoms with Crippen molar-refractivity contribution >= 4 is 38.8 Å². The van der Waals surface area contributed by atoms with Gasteiger partial charge >= 0.3 is 5.97 Å². The lowest BCUT2D eigenvalue weighted by Gasteiger charge is -2.03. The number of nitrogens with one attached hydrogen (secondary N) is 1. The molecule has 2 heterocycles. The number of aromatic carboxylic acids is 1. The fourth-order valence-electron chi connectivity index (χ4n) is 2.68. The average molecular weight is 262 g/mol. The maximum Gasteiger partial charge on any atom is 0.338 e. The van der Waals surface area contributed by atoms with Crippen molar-refractivity contribution < 1.29 is 9.90 Å². The molecule has 0 saturated carbocycles. The number of nitrogens with zero attached hydrogens (tertiary/aromatic N) is 1. The van der Waals surface area contributed by atoms with Crippen LogP contribution in [0, 0.1) is 0 Å². The van der Waals surface area contributed by atoms with Gasteiger partial charge in [0, 0.05) is 16.3 Å². The summed E-state index contributed by atoms with van der Waals surface area (Å²) in [4.78, 5) is 19.4. The Labute approximate surface area is 113 Å². The third-order valence-corrected chi connectivity index (χ3v) is 3.55. The maximum atomic E-state index is 11.7. The van der Waals surface area contributed by atoms with Gasteiger partial charge in [0.25, 0.3) is 0 Å². The smallest absolute Gasteiger partial charge is 0.338 e. The average Bonchev–Trinajstić information content (AvgIpc) is 2.82. The Morgan fingerprint density at radius 3 is 2.50 bits per heavy atom. The molecule has 96 valence electrons. The molecule has 4 heteroatoms. The number of aromatic amines is 1. The van der Waals surface area contributed by atoms with Gasteiger partial charge in [-0.2, -0.15) is 0 Å². The molecule has 0 saturated heterocycles. The topological polar surface area (TPSA) is 66.0 Å². The van der Waals surface area contributed by atoms with Crippen LogP contribution in [-0.2, 0) is 0 Å². The van der Waals surface area contributed by atoms with Gasteiger partial charge in [-0.3, -0.25) is 0 Å². The monoisotopic (exact) mass is 262 g/mol. The lowest BCUT2D eigenvalue weighted by Crippen LogP contribution is -2.00. The maximum absolute atomic E-state index is 11.7. The lowest BCUT2D eigenvalue weighted by molar-refractivity contribution is 0.0701. The van der Waals surface area contributed by atoms with Crippen LogP contribution in [0.15, 0.2) is 48.5 Å². The largest absolute Gasteiger partial charge is 0.478 e. The van der Waals surface area contributed by atoms with Crippen LogP contribution in [0.4, 0.5) is 0 Å². The molecule has 0 spiro atoms. The number of hydrogen-bond acceptors (Lipinski definition) is 2. The molecular formula is C16H10N2O2. The summed E-state index contributed by atoms with van der Waals surface area (Å²) in [5.74, 6) is -0.944. The van der Waals surface area contributed by atoms with Crippen molar-refractivity contribution in [2.75, 3.05) is 0 Å². The molecule has 20 heavy (non-hydrogen) atoms. The molecule has 0 aliphatic carbocycles. The zero-order valence-electron chi connectivity index (χ0n) is 10.4. The van der Waals surface area contributed by atoms with Crippen LogP contribution in [0.2, 0.25) is 0 Å². The van der Waals surface area contributed by atoms with E-state index in [1.165, 1.54) is 0 Å². The molecule has 0 fully saturated rings. The van der Waals surface area contributed by atoms with E-state index in [4.69, 9.17) is 0 Å². The van der Waals surface area contributed by atoms with Gasteiger partial charge in [-0.25, -0.2) is 9.78 Å². The van der Waals surface area contributed by atoms with E-state index in [2.05, 4.69) is 9.97 Å². The molecule has 0 aliphatic rings. The van der Waals surface area contributed by atoms with Crippen molar-refractivity contribution in [3.05, 3.63) is 54.1 Å². The molecule has 2 N–H and O–H groups in total. The van der Waals surface area contributed by atoms with Crippen LogP contribution < -0.4 is 0 Å². The Bertz CT molecular complexity index is 986. The Morgan fingerprint density at radius 2 is 1.70 bits per heavy atom. The number of carbonyl (C=O) groups is 1. The normalized spacial score (nSPS) is 11.4. The number of carboxylic acids is 1. The fraction of sp³-hybridized carbons (Fsp3) is 0. The van der Waals surface area contributed by atoms with E-state index in [0.717, 1.165) is 10.9 Å². The van der Waals surface area contributed by atoms with Crippen LogP contribution in [-0.4, -0.2) is 21.0 Å². The molecule has 0 bridgehead atoms. The number of pyridine rings is 1. The van der Waals surface area contributed by atoms with Crippen molar-refractivity contribution in [2.45, 2.75) is 0 Å².